The van der Waals surface area contributed by atoms with Crippen LogP contribution in [0.25, 0.3) is 0 Å². The van der Waals surface area contributed by atoms with Crippen molar-refractivity contribution in [2.45, 2.75) is 129 Å². The summed E-state index contributed by atoms with van der Waals surface area (Å²) in [5.74, 6) is 4.71. The van der Waals surface area contributed by atoms with Crippen LogP contribution in [0.1, 0.15) is 111 Å². The molecule has 2 nitrogen and oxygen atoms in total. The van der Waals surface area contributed by atoms with Gasteiger partial charge in [0.25, 0.3) is 0 Å². The standard InChI is InChI=1S/C29H52F2O2/c1-21-4-8-24(9-5-21)20-33-29(23(3)31)17-16-28(18-30)32-19-25-10-14-27(15-11-25)26-12-6-22(2)7-13-26/h21-29H,4-20H2,1-3H3/t21?,22-,23?,24?,25?,26+,27?,28?,29?. The summed E-state index contributed by atoms with van der Waals surface area (Å²) in [6.07, 6.45) is 14.9. The normalized spacial score (nSPS) is 36.3. The number of hydrogen-bond acceptors (Lipinski definition) is 2. The third kappa shape index (κ3) is 9.39. The first-order chi connectivity index (χ1) is 15.9. The van der Waals surface area contributed by atoms with Crippen LogP contribution >= 0.6 is 0 Å². The quantitative estimate of drug-likeness (QED) is 0.285. The third-order valence-electron chi connectivity index (χ3n) is 9.33. The van der Waals surface area contributed by atoms with Gasteiger partial charge in [-0.15, -0.1) is 0 Å². The third-order valence-corrected chi connectivity index (χ3v) is 9.33. The Morgan fingerprint density at radius 1 is 0.667 bits per heavy atom. The number of halogens is 2. The summed E-state index contributed by atoms with van der Waals surface area (Å²) in [5, 5.41) is 0. The molecule has 3 fully saturated rings. The van der Waals surface area contributed by atoms with Crippen LogP contribution in [0, 0.1) is 35.5 Å². The molecular weight excluding hydrogens is 418 g/mol. The second kappa shape index (κ2) is 14.4. The van der Waals surface area contributed by atoms with E-state index in [9.17, 15) is 8.78 Å². The molecule has 0 spiro atoms. The molecule has 3 unspecified atom stereocenters. The van der Waals surface area contributed by atoms with Crippen molar-refractivity contribution in [3.05, 3.63) is 0 Å². The summed E-state index contributed by atoms with van der Waals surface area (Å²) in [7, 11) is 0. The van der Waals surface area contributed by atoms with Gasteiger partial charge in [0.05, 0.1) is 12.2 Å². The highest BCUT2D eigenvalue weighted by molar-refractivity contribution is 4.81. The smallest absolute Gasteiger partial charge is 0.123 e. The maximum Gasteiger partial charge on any atom is 0.123 e. The van der Waals surface area contributed by atoms with Crippen LogP contribution in [0.4, 0.5) is 8.78 Å². The molecule has 0 aromatic heterocycles. The van der Waals surface area contributed by atoms with Gasteiger partial charge < -0.3 is 9.47 Å². The van der Waals surface area contributed by atoms with Crippen LogP contribution in [0.3, 0.4) is 0 Å². The first-order valence-corrected chi connectivity index (χ1v) is 14.4. The van der Waals surface area contributed by atoms with Crippen molar-refractivity contribution in [2.24, 2.45) is 35.5 Å². The van der Waals surface area contributed by atoms with Crippen LogP contribution in [0.2, 0.25) is 0 Å². The number of hydrogen-bond donors (Lipinski definition) is 0. The van der Waals surface area contributed by atoms with Crippen molar-refractivity contribution in [2.75, 3.05) is 19.9 Å². The van der Waals surface area contributed by atoms with Gasteiger partial charge in [-0.1, -0.05) is 39.5 Å². The van der Waals surface area contributed by atoms with Crippen LogP contribution in [0.5, 0.6) is 0 Å². The zero-order valence-corrected chi connectivity index (χ0v) is 21.8. The Morgan fingerprint density at radius 2 is 1.12 bits per heavy atom. The van der Waals surface area contributed by atoms with Crippen molar-refractivity contribution in [1.29, 1.82) is 0 Å². The van der Waals surface area contributed by atoms with E-state index in [4.69, 9.17) is 9.47 Å². The van der Waals surface area contributed by atoms with Crippen molar-refractivity contribution < 1.29 is 18.3 Å². The Labute approximate surface area is 202 Å². The summed E-state index contributed by atoms with van der Waals surface area (Å²) in [6, 6.07) is 0. The van der Waals surface area contributed by atoms with Crippen molar-refractivity contribution >= 4 is 0 Å². The molecule has 3 saturated carbocycles. The molecule has 3 aliphatic rings. The predicted molar refractivity (Wildman–Crippen MR) is 133 cm³/mol. The second-order valence-corrected chi connectivity index (χ2v) is 12.2. The van der Waals surface area contributed by atoms with Gasteiger partial charge in [-0.2, -0.15) is 0 Å². The van der Waals surface area contributed by atoms with E-state index in [2.05, 4.69) is 13.8 Å². The van der Waals surface area contributed by atoms with E-state index in [1.807, 2.05) is 0 Å². The minimum Gasteiger partial charge on any atom is -0.375 e. The highest BCUT2D eigenvalue weighted by Crippen LogP contribution is 2.41. The van der Waals surface area contributed by atoms with Gasteiger partial charge >= 0.3 is 0 Å². The highest BCUT2D eigenvalue weighted by Gasteiger charge is 2.30. The average Bonchev–Trinajstić information content (AvgIpc) is 2.82. The highest BCUT2D eigenvalue weighted by atomic mass is 19.1. The molecule has 3 atom stereocenters. The van der Waals surface area contributed by atoms with E-state index < -0.39 is 25.1 Å². The second-order valence-electron chi connectivity index (χ2n) is 12.2. The number of rotatable bonds is 12. The first kappa shape index (κ1) is 27.4. The SMILES string of the molecule is CC1CCC(COC(CCC(CF)OCC2CCC([C@H]3CC[C@@H](C)CC3)CC2)C(C)F)CC1. The summed E-state index contributed by atoms with van der Waals surface area (Å²) in [6.45, 7) is 7.11. The van der Waals surface area contributed by atoms with Crippen LogP contribution < -0.4 is 0 Å². The Morgan fingerprint density at radius 3 is 1.64 bits per heavy atom. The maximum absolute atomic E-state index is 14.2. The lowest BCUT2D eigenvalue weighted by Gasteiger charge is -2.37. The van der Waals surface area contributed by atoms with E-state index in [0.717, 1.165) is 23.7 Å². The molecule has 0 amide bonds. The topological polar surface area (TPSA) is 18.5 Å². The fraction of sp³-hybridized carbons (Fsp3) is 1.00. The molecule has 0 bridgehead atoms. The van der Waals surface area contributed by atoms with Crippen LogP contribution in [-0.4, -0.2) is 38.3 Å². The van der Waals surface area contributed by atoms with Crippen molar-refractivity contribution in [1.82, 2.24) is 0 Å². The van der Waals surface area contributed by atoms with E-state index in [-0.39, 0.29) is 0 Å². The Balaban J connectivity index is 1.31. The molecule has 33 heavy (non-hydrogen) atoms. The zero-order chi connectivity index (χ0) is 23.6. The molecule has 0 aromatic carbocycles. The lowest BCUT2D eigenvalue weighted by atomic mass is 9.69. The lowest BCUT2D eigenvalue weighted by Crippen LogP contribution is -2.30. The lowest BCUT2D eigenvalue weighted by molar-refractivity contribution is -0.0448. The molecule has 0 aromatic rings. The molecule has 0 N–H and O–H groups in total. The van der Waals surface area contributed by atoms with Crippen molar-refractivity contribution in [3.8, 4) is 0 Å². The Hall–Kier alpha value is -0.220. The minimum atomic E-state index is -1.02. The molecule has 4 heteroatoms. The van der Waals surface area contributed by atoms with E-state index in [0.29, 0.717) is 37.9 Å². The summed E-state index contributed by atoms with van der Waals surface area (Å²) >= 11 is 0. The zero-order valence-electron chi connectivity index (χ0n) is 21.8. The summed E-state index contributed by atoms with van der Waals surface area (Å²) in [4.78, 5) is 0. The van der Waals surface area contributed by atoms with Gasteiger partial charge in [0.15, 0.2) is 0 Å². The Bertz CT molecular complexity index is 504. The molecule has 0 heterocycles. The van der Waals surface area contributed by atoms with Gasteiger partial charge in [0.1, 0.15) is 12.8 Å². The number of alkyl halides is 2. The Kier molecular flexibility index (Phi) is 11.9. The minimum absolute atomic E-state index is 0.414. The maximum atomic E-state index is 14.2. The van der Waals surface area contributed by atoms with Crippen LogP contribution in [0.15, 0.2) is 0 Å². The molecule has 0 saturated heterocycles. The molecule has 0 aliphatic heterocycles. The van der Waals surface area contributed by atoms with Gasteiger partial charge in [0.2, 0.25) is 0 Å². The molecular formula is C29H52F2O2. The summed E-state index contributed by atoms with van der Waals surface area (Å²) in [5.41, 5.74) is 0. The van der Waals surface area contributed by atoms with Gasteiger partial charge in [-0.25, -0.2) is 8.78 Å². The van der Waals surface area contributed by atoms with E-state index in [1.165, 1.54) is 77.0 Å². The van der Waals surface area contributed by atoms with Gasteiger partial charge in [-0.3, -0.25) is 0 Å². The van der Waals surface area contributed by atoms with Gasteiger partial charge in [-0.05, 0) is 107 Å². The largest absolute Gasteiger partial charge is 0.375 e. The fourth-order valence-electron chi connectivity index (χ4n) is 6.61. The fourth-order valence-corrected chi connectivity index (χ4v) is 6.61. The molecule has 3 aliphatic carbocycles. The monoisotopic (exact) mass is 470 g/mol. The van der Waals surface area contributed by atoms with Crippen molar-refractivity contribution in [3.63, 3.8) is 0 Å². The number of ether oxygens (including phenoxy) is 2. The van der Waals surface area contributed by atoms with E-state index in [1.54, 1.807) is 6.92 Å². The van der Waals surface area contributed by atoms with Crippen LogP contribution in [-0.2, 0) is 9.47 Å². The van der Waals surface area contributed by atoms with E-state index >= 15 is 0 Å². The average molecular weight is 471 g/mol. The molecule has 0 radical (unpaired) electrons. The first-order valence-electron chi connectivity index (χ1n) is 14.4. The summed E-state index contributed by atoms with van der Waals surface area (Å²) < 4.78 is 39.8. The predicted octanol–water partition coefficient (Wildman–Crippen LogP) is 8.32. The molecule has 194 valence electrons. The van der Waals surface area contributed by atoms with Gasteiger partial charge in [0, 0.05) is 13.2 Å². The molecule has 3 rings (SSSR count).